The lowest BCUT2D eigenvalue weighted by Gasteiger charge is -2.30. The second-order valence-corrected chi connectivity index (χ2v) is 6.09. The molecule has 5 nitrogen and oxygen atoms in total. The molecule has 1 aromatic heterocycles. The van der Waals surface area contributed by atoms with Crippen LogP contribution in [0, 0.1) is 5.82 Å². The van der Waals surface area contributed by atoms with Gasteiger partial charge in [0.15, 0.2) is 11.5 Å². The molecule has 1 aliphatic carbocycles. The molecule has 1 heterocycles. The highest BCUT2D eigenvalue weighted by atomic mass is 19.1. The lowest BCUT2D eigenvalue weighted by molar-refractivity contribution is 0.0668. The van der Waals surface area contributed by atoms with Crippen molar-refractivity contribution in [3.63, 3.8) is 0 Å². The van der Waals surface area contributed by atoms with Crippen molar-refractivity contribution in [2.24, 2.45) is 0 Å². The van der Waals surface area contributed by atoms with Gasteiger partial charge in [-0.25, -0.2) is 4.39 Å². The number of pyridine rings is 1. The Morgan fingerprint density at radius 3 is 2.52 bits per heavy atom. The molecule has 6 heteroatoms. The highest BCUT2D eigenvalue weighted by Gasteiger charge is 2.38. The maximum atomic E-state index is 14.5. The van der Waals surface area contributed by atoms with Crippen molar-refractivity contribution in [3.05, 3.63) is 53.6 Å². The summed E-state index contributed by atoms with van der Waals surface area (Å²) in [5, 5.41) is 0. The van der Waals surface area contributed by atoms with E-state index in [4.69, 9.17) is 9.47 Å². The topological polar surface area (TPSA) is 51.7 Å². The zero-order valence-corrected chi connectivity index (χ0v) is 14.5. The largest absolute Gasteiger partial charge is 0.493 e. The molecule has 1 aromatic carbocycles. The van der Waals surface area contributed by atoms with E-state index in [0.29, 0.717) is 5.75 Å². The molecular formula is C19H21FN2O3. The van der Waals surface area contributed by atoms with Crippen LogP contribution in [0.4, 0.5) is 4.39 Å². The van der Waals surface area contributed by atoms with Crippen LogP contribution < -0.4 is 9.47 Å². The molecule has 0 spiro atoms. The van der Waals surface area contributed by atoms with Gasteiger partial charge in [-0.2, -0.15) is 0 Å². The van der Waals surface area contributed by atoms with E-state index in [1.807, 2.05) is 19.1 Å². The fraction of sp³-hybridized carbons (Fsp3) is 0.368. The molecule has 2 aromatic rings. The fourth-order valence-electron chi connectivity index (χ4n) is 2.95. The lowest BCUT2D eigenvalue weighted by Crippen LogP contribution is -2.36. The van der Waals surface area contributed by atoms with Crippen molar-refractivity contribution in [2.75, 3.05) is 14.2 Å². The van der Waals surface area contributed by atoms with Crippen LogP contribution in [0.1, 0.15) is 41.7 Å². The molecule has 1 aliphatic rings. The predicted octanol–water partition coefficient (Wildman–Crippen LogP) is 3.60. The van der Waals surface area contributed by atoms with E-state index in [1.54, 1.807) is 17.3 Å². The summed E-state index contributed by atoms with van der Waals surface area (Å²) < 4.78 is 24.8. The predicted molar refractivity (Wildman–Crippen MR) is 91.3 cm³/mol. The van der Waals surface area contributed by atoms with Crippen molar-refractivity contribution in [3.8, 4) is 11.5 Å². The number of halogens is 1. The number of amides is 1. The van der Waals surface area contributed by atoms with Gasteiger partial charge in [0.1, 0.15) is 5.82 Å². The second-order valence-electron chi connectivity index (χ2n) is 6.09. The molecule has 0 aliphatic heterocycles. The molecule has 3 rings (SSSR count). The molecule has 1 fully saturated rings. The molecule has 0 bridgehead atoms. The Balaban J connectivity index is 1.97. The molecule has 0 radical (unpaired) electrons. The third kappa shape index (κ3) is 3.43. The van der Waals surface area contributed by atoms with Gasteiger partial charge in [0, 0.05) is 24.5 Å². The Hall–Kier alpha value is -2.63. The van der Waals surface area contributed by atoms with Gasteiger partial charge >= 0.3 is 0 Å². The van der Waals surface area contributed by atoms with E-state index < -0.39 is 5.82 Å². The molecule has 1 saturated carbocycles. The van der Waals surface area contributed by atoms with Crippen LogP contribution >= 0.6 is 0 Å². The summed E-state index contributed by atoms with van der Waals surface area (Å²) in [7, 11) is 2.89. The lowest BCUT2D eigenvalue weighted by atomic mass is 10.1. The number of ether oxygens (including phenoxy) is 2. The fourth-order valence-corrected chi connectivity index (χ4v) is 2.95. The first kappa shape index (κ1) is 17.2. The third-order valence-corrected chi connectivity index (χ3v) is 4.46. The van der Waals surface area contributed by atoms with Crippen LogP contribution in [-0.4, -0.2) is 36.1 Å². The summed E-state index contributed by atoms with van der Waals surface area (Å²) in [6, 6.07) is 6.27. The first-order valence-corrected chi connectivity index (χ1v) is 8.21. The number of rotatable bonds is 6. The summed E-state index contributed by atoms with van der Waals surface area (Å²) in [4.78, 5) is 19.0. The third-order valence-electron chi connectivity index (χ3n) is 4.46. The number of benzene rings is 1. The van der Waals surface area contributed by atoms with Crippen LogP contribution in [0.5, 0.6) is 11.5 Å². The van der Waals surface area contributed by atoms with Crippen molar-refractivity contribution in [1.82, 2.24) is 9.88 Å². The van der Waals surface area contributed by atoms with E-state index in [9.17, 15) is 9.18 Å². The Bertz CT molecular complexity index is 763. The maximum absolute atomic E-state index is 14.5. The minimum Gasteiger partial charge on any atom is -0.493 e. The summed E-state index contributed by atoms with van der Waals surface area (Å²) >= 11 is 0. The minimum absolute atomic E-state index is 0.0136. The van der Waals surface area contributed by atoms with Crippen LogP contribution in [0.15, 0.2) is 36.7 Å². The van der Waals surface area contributed by atoms with Crippen LogP contribution in [0.25, 0.3) is 0 Å². The molecule has 25 heavy (non-hydrogen) atoms. The average Bonchev–Trinajstić information content (AvgIpc) is 3.47. The Morgan fingerprint density at radius 1 is 1.28 bits per heavy atom. The van der Waals surface area contributed by atoms with Gasteiger partial charge in [-0.15, -0.1) is 0 Å². The quantitative estimate of drug-likeness (QED) is 0.803. The van der Waals surface area contributed by atoms with Gasteiger partial charge in [-0.1, -0.05) is 6.07 Å². The van der Waals surface area contributed by atoms with Gasteiger partial charge in [-0.3, -0.25) is 9.78 Å². The molecular weight excluding hydrogens is 323 g/mol. The van der Waals surface area contributed by atoms with Crippen molar-refractivity contribution in [1.29, 1.82) is 0 Å². The van der Waals surface area contributed by atoms with Crippen LogP contribution in [0.2, 0.25) is 0 Å². The van der Waals surface area contributed by atoms with Crippen molar-refractivity contribution in [2.45, 2.75) is 31.8 Å². The monoisotopic (exact) mass is 344 g/mol. The highest BCUT2D eigenvalue weighted by Crippen LogP contribution is 2.37. The highest BCUT2D eigenvalue weighted by molar-refractivity contribution is 5.96. The zero-order chi connectivity index (χ0) is 18.0. The van der Waals surface area contributed by atoms with E-state index in [0.717, 1.165) is 18.4 Å². The van der Waals surface area contributed by atoms with Gasteiger partial charge in [0.25, 0.3) is 5.91 Å². The number of hydrogen-bond donors (Lipinski definition) is 0. The minimum atomic E-state index is -0.619. The van der Waals surface area contributed by atoms with Crippen molar-refractivity contribution < 1.29 is 18.7 Å². The van der Waals surface area contributed by atoms with E-state index in [1.165, 1.54) is 26.4 Å². The molecule has 1 amide bonds. The Labute approximate surface area is 146 Å². The smallest absolute Gasteiger partial charge is 0.257 e. The van der Waals surface area contributed by atoms with Crippen molar-refractivity contribution >= 4 is 5.91 Å². The number of carbonyl (C=O) groups excluding carboxylic acids is 1. The number of aromatic nitrogens is 1. The summed E-state index contributed by atoms with van der Waals surface area (Å²) in [6.07, 6.45) is 5.27. The Kier molecular flexibility index (Phi) is 4.88. The number of hydrogen-bond acceptors (Lipinski definition) is 4. The number of carbonyl (C=O) groups is 1. The second kappa shape index (κ2) is 7.09. The van der Waals surface area contributed by atoms with Gasteiger partial charge in [0.05, 0.1) is 25.8 Å². The normalized spacial score (nSPS) is 14.7. The van der Waals surface area contributed by atoms with Gasteiger partial charge in [0.2, 0.25) is 0 Å². The molecule has 1 atom stereocenters. The van der Waals surface area contributed by atoms with Crippen LogP contribution in [-0.2, 0) is 0 Å². The average molecular weight is 344 g/mol. The van der Waals surface area contributed by atoms with E-state index >= 15 is 0 Å². The van der Waals surface area contributed by atoms with Gasteiger partial charge in [-0.05, 0) is 37.5 Å². The molecule has 0 saturated heterocycles. The first-order valence-electron chi connectivity index (χ1n) is 8.21. The van der Waals surface area contributed by atoms with E-state index in [2.05, 4.69) is 4.98 Å². The number of methoxy groups -OCH3 is 2. The standard InChI is InChI=1S/C19H21FN2O3/c1-12(13-5-4-8-21-11-13)22(14-6-7-14)19(23)15-9-17(24-2)18(25-3)10-16(15)20/h4-5,8-12,14H,6-7H2,1-3H3. The van der Waals surface area contributed by atoms with Crippen LogP contribution in [0.3, 0.4) is 0 Å². The summed E-state index contributed by atoms with van der Waals surface area (Å²) in [5.74, 6) is -0.379. The number of nitrogens with zero attached hydrogens (tertiary/aromatic N) is 2. The van der Waals surface area contributed by atoms with E-state index in [-0.39, 0.29) is 29.3 Å². The zero-order valence-electron chi connectivity index (χ0n) is 14.5. The van der Waals surface area contributed by atoms with Gasteiger partial charge < -0.3 is 14.4 Å². The SMILES string of the molecule is COc1cc(F)c(C(=O)N(C2CC2)C(C)c2cccnc2)cc1OC. The molecule has 1 unspecified atom stereocenters. The summed E-state index contributed by atoms with van der Waals surface area (Å²) in [6.45, 7) is 1.94. The first-order chi connectivity index (χ1) is 12.1. The molecule has 132 valence electrons. The summed E-state index contributed by atoms with van der Waals surface area (Å²) in [5.41, 5.74) is 0.906. The Morgan fingerprint density at radius 2 is 1.96 bits per heavy atom. The molecule has 0 N–H and O–H groups in total. The maximum Gasteiger partial charge on any atom is 0.257 e.